The first-order chi connectivity index (χ1) is 18.3. The average Bonchev–Trinajstić information content (AvgIpc) is 3.23. The first-order valence-corrected chi connectivity index (χ1v) is 11.7. The molecule has 0 aliphatic carbocycles. The normalized spacial score (nSPS) is 15.9. The van der Waals surface area contributed by atoms with E-state index in [1.807, 2.05) is 6.07 Å². The lowest BCUT2D eigenvalue weighted by Crippen LogP contribution is -2.38. The Kier molecular flexibility index (Phi) is 7.06. The Labute approximate surface area is 220 Å². The second kappa shape index (κ2) is 10.1. The fourth-order valence-corrected chi connectivity index (χ4v) is 4.83. The van der Waals surface area contributed by atoms with E-state index in [0.29, 0.717) is 11.1 Å². The summed E-state index contributed by atoms with van der Waals surface area (Å²) in [7, 11) is 0. The Balaban J connectivity index is 1.97. The molecule has 1 aliphatic rings. The minimum atomic E-state index is -4.66. The van der Waals surface area contributed by atoms with Gasteiger partial charge in [0.2, 0.25) is 11.9 Å². The molecule has 202 valence electrons. The van der Waals surface area contributed by atoms with Crippen molar-refractivity contribution in [1.82, 2.24) is 20.1 Å². The maximum atomic E-state index is 13.5. The zero-order chi connectivity index (χ0) is 28.6. The van der Waals surface area contributed by atoms with Crippen LogP contribution >= 0.6 is 0 Å². The van der Waals surface area contributed by atoms with Crippen LogP contribution in [0.2, 0.25) is 0 Å². The highest BCUT2D eigenvalue weighted by Gasteiger charge is 2.40. The van der Waals surface area contributed by atoms with Gasteiger partial charge in [0.1, 0.15) is 6.04 Å². The van der Waals surface area contributed by atoms with Crippen molar-refractivity contribution in [2.24, 2.45) is 0 Å². The SMILES string of the molecule is CC(=O)NC(C)Cc1cc(C#N)ccc1[C@@H]1C(C(=O)O)=C(C)N(c2cccc(C(F)(F)F)c2)c2n[nH]c(=O)n21. The first kappa shape index (κ1) is 27.2. The second-order valence-electron chi connectivity index (χ2n) is 9.12. The number of halogens is 3. The number of carboxylic acids is 1. The Bertz CT molecular complexity index is 1600. The molecular weight excluding hydrogens is 517 g/mol. The number of nitrogens with one attached hydrogen (secondary N) is 2. The number of hydrogen-bond donors (Lipinski definition) is 3. The van der Waals surface area contributed by atoms with Gasteiger partial charge in [0.25, 0.3) is 0 Å². The molecule has 1 amide bonds. The summed E-state index contributed by atoms with van der Waals surface area (Å²) >= 11 is 0. The summed E-state index contributed by atoms with van der Waals surface area (Å²) in [4.78, 5) is 38.5. The van der Waals surface area contributed by atoms with Crippen molar-refractivity contribution in [3.05, 3.63) is 86.5 Å². The van der Waals surface area contributed by atoms with Crippen LogP contribution in [0.4, 0.5) is 24.8 Å². The van der Waals surface area contributed by atoms with E-state index >= 15 is 0 Å². The number of amides is 1. The third-order valence-corrected chi connectivity index (χ3v) is 6.35. The van der Waals surface area contributed by atoms with E-state index in [-0.39, 0.29) is 40.8 Å². The van der Waals surface area contributed by atoms with Crippen LogP contribution in [0.3, 0.4) is 0 Å². The van der Waals surface area contributed by atoms with Gasteiger partial charge in [0, 0.05) is 24.4 Å². The first-order valence-electron chi connectivity index (χ1n) is 11.7. The number of aliphatic carboxylic acids is 1. The summed E-state index contributed by atoms with van der Waals surface area (Å²) in [6.07, 6.45) is -4.46. The number of benzene rings is 2. The van der Waals surface area contributed by atoms with Crippen molar-refractivity contribution in [3.8, 4) is 6.07 Å². The van der Waals surface area contributed by atoms with Gasteiger partial charge in [-0.2, -0.15) is 18.4 Å². The van der Waals surface area contributed by atoms with Gasteiger partial charge in [-0.3, -0.25) is 9.69 Å². The number of nitrogens with zero attached hydrogens (tertiary/aromatic N) is 4. The van der Waals surface area contributed by atoms with Crippen LogP contribution in [0.25, 0.3) is 0 Å². The van der Waals surface area contributed by atoms with Crippen molar-refractivity contribution in [3.63, 3.8) is 0 Å². The van der Waals surface area contributed by atoms with Gasteiger partial charge in [-0.25, -0.2) is 19.3 Å². The number of rotatable bonds is 6. The summed E-state index contributed by atoms with van der Waals surface area (Å²) in [5.41, 5.74) is -0.887. The minimum Gasteiger partial charge on any atom is -0.478 e. The monoisotopic (exact) mass is 540 g/mol. The molecule has 2 atom stereocenters. The van der Waals surface area contributed by atoms with E-state index in [2.05, 4.69) is 15.5 Å². The largest absolute Gasteiger partial charge is 0.478 e. The van der Waals surface area contributed by atoms with Crippen LogP contribution in [0.1, 0.15) is 49.1 Å². The zero-order valence-corrected chi connectivity index (χ0v) is 21.0. The standard InChI is InChI=1S/C26H23F3N6O4/c1-13(31-15(3)36)9-17-10-16(12-30)7-8-20(17)22-21(23(37)38)14(2)34(24-32-33-25(39)35(22)24)19-6-4-5-18(11-19)26(27,28)29/h4-8,10-11,13,22H,9H2,1-3H3,(H,31,36)(H,33,39)(H,37,38)/t13?,22-/m1/s1. The lowest BCUT2D eigenvalue weighted by molar-refractivity contribution is -0.137. The molecule has 13 heteroatoms. The van der Waals surface area contributed by atoms with Crippen molar-refractivity contribution < 1.29 is 27.9 Å². The molecule has 1 unspecified atom stereocenters. The number of hydrogen-bond acceptors (Lipinski definition) is 6. The van der Waals surface area contributed by atoms with Gasteiger partial charge in [-0.05, 0) is 61.7 Å². The number of alkyl halides is 3. The Morgan fingerprint density at radius 2 is 1.97 bits per heavy atom. The molecule has 3 aromatic rings. The highest BCUT2D eigenvalue weighted by atomic mass is 19.4. The van der Waals surface area contributed by atoms with E-state index in [4.69, 9.17) is 0 Å². The van der Waals surface area contributed by atoms with Crippen LogP contribution < -0.4 is 15.9 Å². The molecule has 0 fully saturated rings. The Morgan fingerprint density at radius 1 is 1.26 bits per heavy atom. The van der Waals surface area contributed by atoms with Gasteiger partial charge in [0.05, 0.1) is 22.8 Å². The van der Waals surface area contributed by atoms with Crippen LogP contribution in [-0.2, 0) is 22.2 Å². The van der Waals surface area contributed by atoms with E-state index in [9.17, 15) is 37.9 Å². The molecule has 2 aromatic carbocycles. The third kappa shape index (κ3) is 5.13. The second-order valence-corrected chi connectivity index (χ2v) is 9.12. The fourth-order valence-electron chi connectivity index (χ4n) is 4.83. The van der Waals surface area contributed by atoms with Crippen molar-refractivity contribution >= 4 is 23.5 Å². The zero-order valence-electron chi connectivity index (χ0n) is 21.0. The van der Waals surface area contributed by atoms with Crippen molar-refractivity contribution in [1.29, 1.82) is 5.26 Å². The summed E-state index contributed by atoms with van der Waals surface area (Å²) in [5.74, 6) is -1.80. The molecule has 0 bridgehead atoms. The van der Waals surface area contributed by atoms with E-state index < -0.39 is 35.5 Å². The molecule has 0 spiro atoms. The maximum absolute atomic E-state index is 13.5. The predicted octanol–water partition coefficient (Wildman–Crippen LogP) is 3.63. The van der Waals surface area contributed by atoms with Gasteiger partial charge in [0.15, 0.2) is 0 Å². The summed E-state index contributed by atoms with van der Waals surface area (Å²) in [5, 5.41) is 28.8. The Morgan fingerprint density at radius 3 is 2.59 bits per heavy atom. The van der Waals surface area contributed by atoms with E-state index in [1.165, 1.54) is 43.0 Å². The fraction of sp³-hybridized carbons (Fsp3) is 0.269. The molecule has 1 aromatic heterocycles. The van der Waals surface area contributed by atoms with E-state index in [1.54, 1.807) is 13.0 Å². The number of aromatic amines is 1. The molecule has 3 N–H and O–H groups in total. The molecule has 2 heterocycles. The summed E-state index contributed by atoms with van der Waals surface area (Å²) < 4.78 is 41.4. The number of aromatic nitrogens is 3. The Hall–Kier alpha value is -4.86. The highest BCUT2D eigenvalue weighted by Crippen LogP contribution is 2.43. The quantitative estimate of drug-likeness (QED) is 0.433. The number of carbonyl (C=O) groups excluding carboxylic acids is 1. The number of nitriles is 1. The van der Waals surface area contributed by atoms with Gasteiger partial charge >= 0.3 is 17.8 Å². The van der Waals surface area contributed by atoms with Crippen LogP contribution in [0, 0.1) is 11.3 Å². The predicted molar refractivity (Wildman–Crippen MR) is 133 cm³/mol. The van der Waals surface area contributed by atoms with Gasteiger partial charge < -0.3 is 10.4 Å². The molecule has 0 saturated carbocycles. The number of carboxylic acid groups (broad SMARTS) is 1. The van der Waals surface area contributed by atoms with Crippen LogP contribution in [-0.4, -0.2) is 37.8 Å². The topological polar surface area (TPSA) is 144 Å². The summed E-state index contributed by atoms with van der Waals surface area (Å²) in [6, 6.07) is 9.18. The number of allylic oxidation sites excluding steroid dienone is 1. The average molecular weight is 541 g/mol. The van der Waals surface area contributed by atoms with Crippen molar-refractivity contribution in [2.45, 2.75) is 45.5 Å². The molecular formula is C26H23F3N6O4. The van der Waals surface area contributed by atoms with Gasteiger partial charge in [-0.1, -0.05) is 12.1 Å². The number of carbonyl (C=O) groups is 2. The lowest BCUT2D eigenvalue weighted by atomic mass is 9.88. The molecule has 1 aliphatic heterocycles. The van der Waals surface area contributed by atoms with Crippen molar-refractivity contribution in [2.75, 3.05) is 4.90 Å². The smallest absolute Gasteiger partial charge is 0.416 e. The number of H-pyrrole nitrogens is 1. The van der Waals surface area contributed by atoms with Crippen LogP contribution in [0.15, 0.2) is 58.5 Å². The highest BCUT2D eigenvalue weighted by molar-refractivity contribution is 5.92. The third-order valence-electron chi connectivity index (χ3n) is 6.35. The van der Waals surface area contributed by atoms with Gasteiger partial charge in [-0.15, -0.1) is 5.10 Å². The molecule has 0 saturated heterocycles. The lowest BCUT2D eigenvalue weighted by Gasteiger charge is -2.36. The molecule has 10 nitrogen and oxygen atoms in total. The van der Waals surface area contributed by atoms with Crippen LogP contribution in [0.5, 0.6) is 0 Å². The molecule has 4 rings (SSSR count). The number of anilines is 2. The van der Waals surface area contributed by atoms with E-state index in [0.717, 1.165) is 16.7 Å². The number of fused-ring (bicyclic) bond motifs is 1. The molecule has 39 heavy (non-hydrogen) atoms. The molecule has 0 radical (unpaired) electrons. The maximum Gasteiger partial charge on any atom is 0.416 e. The minimum absolute atomic E-state index is 0.0425. The summed E-state index contributed by atoms with van der Waals surface area (Å²) in [6.45, 7) is 4.50.